The Morgan fingerprint density at radius 2 is 1.94 bits per heavy atom. The lowest BCUT2D eigenvalue weighted by atomic mass is 9.79. The number of amides is 1. The van der Waals surface area contributed by atoms with Crippen molar-refractivity contribution in [3.05, 3.63) is 89.8 Å². The van der Waals surface area contributed by atoms with Crippen LogP contribution in [0.25, 0.3) is 16.7 Å². The van der Waals surface area contributed by atoms with Gasteiger partial charge < -0.3 is 5.32 Å². The number of nitrogens with zero attached hydrogens (tertiary/aromatic N) is 6. The molecule has 4 aromatic rings. The number of nitrogens with one attached hydrogen (secondary N) is 1. The molecule has 6 rings (SSSR count). The Morgan fingerprint density at radius 3 is 2.75 bits per heavy atom. The summed E-state index contributed by atoms with van der Waals surface area (Å²) in [5, 5.41) is 11.8. The first-order valence-corrected chi connectivity index (χ1v) is 11.7. The first-order valence-electron chi connectivity index (χ1n) is 11.7. The van der Waals surface area contributed by atoms with Crippen LogP contribution in [0.1, 0.15) is 47.2 Å². The second-order valence-electron chi connectivity index (χ2n) is 8.85. The number of rotatable bonds is 5. The summed E-state index contributed by atoms with van der Waals surface area (Å²) in [6, 6.07) is 9.22. The second-order valence-corrected chi connectivity index (χ2v) is 8.85. The van der Waals surface area contributed by atoms with E-state index in [9.17, 15) is 13.6 Å². The average molecular weight is 485 g/mol. The highest BCUT2D eigenvalue weighted by Crippen LogP contribution is 2.38. The van der Waals surface area contributed by atoms with Crippen molar-refractivity contribution < 1.29 is 13.6 Å². The number of aromatic nitrogens is 5. The molecule has 0 atom stereocenters. The zero-order chi connectivity index (χ0) is 24.6. The molecule has 0 unspecified atom stereocenters. The van der Waals surface area contributed by atoms with Crippen LogP contribution < -0.4 is 5.32 Å². The maximum atomic E-state index is 14.8. The molecule has 1 aliphatic heterocycles. The molecule has 180 valence electrons. The zero-order valence-electron chi connectivity index (χ0n) is 19.1. The van der Waals surface area contributed by atoms with Crippen molar-refractivity contribution in [2.45, 2.75) is 31.2 Å². The highest BCUT2D eigenvalue weighted by Gasteiger charge is 2.37. The summed E-state index contributed by atoms with van der Waals surface area (Å²) in [7, 11) is 0. The maximum Gasteiger partial charge on any atom is 0.253 e. The molecule has 4 heterocycles. The molecule has 1 aromatic carbocycles. The molecule has 10 heteroatoms. The summed E-state index contributed by atoms with van der Waals surface area (Å²) in [5.74, 6) is -0.0807. The summed E-state index contributed by atoms with van der Waals surface area (Å²) >= 11 is 0. The van der Waals surface area contributed by atoms with Gasteiger partial charge in [0.05, 0.1) is 23.0 Å². The number of carbonyl (C=O) groups is 1. The Balaban J connectivity index is 1.24. The van der Waals surface area contributed by atoms with Crippen LogP contribution in [0.15, 0.2) is 65.9 Å². The fraction of sp³-hybridized carbons (Fsp3) is 0.231. The number of aliphatic imine (C=N–C) groups is 1. The lowest BCUT2D eigenvalue weighted by Gasteiger charge is -2.35. The van der Waals surface area contributed by atoms with Gasteiger partial charge in [0.2, 0.25) is 0 Å². The smallest absolute Gasteiger partial charge is 0.253 e. The molecular weight excluding hydrogens is 464 g/mol. The minimum absolute atomic E-state index is 0.0225. The number of hydrogen-bond acceptors (Lipinski definition) is 6. The minimum Gasteiger partial charge on any atom is -0.349 e. The van der Waals surface area contributed by atoms with Crippen LogP contribution in [0.4, 0.5) is 8.78 Å². The second kappa shape index (κ2) is 9.03. The van der Waals surface area contributed by atoms with E-state index >= 15 is 0 Å². The number of carbonyl (C=O) groups excluding carboxylic acids is 1. The molecule has 1 N–H and O–H groups in total. The molecule has 0 radical (unpaired) electrons. The normalized spacial score (nSPS) is 19.1. The predicted molar refractivity (Wildman–Crippen MR) is 129 cm³/mol. The number of allylic oxidation sites excluding steroid dienone is 1. The van der Waals surface area contributed by atoms with E-state index in [1.165, 1.54) is 18.3 Å². The molecule has 2 aliphatic rings. The Bertz CT molecular complexity index is 1540. The molecule has 0 bridgehead atoms. The fourth-order valence-corrected chi connectivity index (χ4v) is 4.65. The van der Waals surface area contributed by atoms with Gasteiger partial charge >= 0.3 is 0 Å². The SMILES string of the molecule is O=C(NC1CC(c2nnc(C3=NCCC=C3)n2-c2ccccc2F)C1)c1ccnc2cc(F)cnc12. The number of hydrogen-bond donors (Lipinski definition) is 1. The molecule has 0 spiro atoms. The van der Waals surface area contributed by atoms with Crippen molar-refractivity contribution in [3.63, 3.8) is 0 Å². The summed E-state index contributed by atoms with van der Waals surface area (Å²) in [6.07, 6.45) is 8.52. The summed E-state index contributed by atoms with van der Waals surface area (Å²) in [4.78, 5) is 25.6. The molecule has 36 heavy (non-hydrogen) atoms. The van der Waals surface area contributed by atoms with Gasteiger partial charge in [-0.1, -0.05) is 18.2 Å². The standard InChI is InChI=1S/C26H21F2N7O/c27-16-13-21-23(31-14-16)18(8-10-30-21)26(36)32-17-11-15(12-17)24-33-34-25(20-6-3-4-9-29-20)35(24)22-7-2-1-5-19(22)28/h1-3,5-8,10,13-15,17H,4,9,11-12H2,(H,32,36). The Morgan fingerprint density at radius 1 is 1.08 bits per heavy atom. The van der Waals surface area contributed by atoms with Crippen molar-refractivity contribution in [2.24, 2.45) is 4.99 Å². The maximum absolute atomic E-state index is 14.8. The van der Waals surface area contributed by atoms with E-state index < -0.39 is 5.82 Å². The number of dihydropyridines is 1. The third-order valence-corrected chi connectivity index (χ3v) is 6.49. The molecule has 1 fully saturated rings. The monoisotopic (exact) mass is 485 g/mol. The molecule has 0 saturated heterocycles. The van der Waals surface area contributed by atoms with Gasteiger partial charge in [0.15, 0.2) is 5.82 Å². The highest BCUT2D eigenvalue weighted by molar-refractivity contribution is 6.07. The lowest BCUT2D eigenvalue weighted by Crippen LogP contribution is -2.44. The van der Waals surface area contributed by atoms with Crippen LogP contribution in [0, 0.1) is 11.6 Å². The van der Waals surface area contributed by atoms with E-state index in [2.05, 4.69) is 30.5 Å². The van der Waals surface area contributed by atoms with E-state index in [0.717, 1.165) is 12.6 Å². The summed E-state index contributed by atoms with van der Waals surface area (Å²) < 4.78 is 30.1. The Kier molecular flexibility index (Phi) is 5.55. The van der Waals surface area contributed by atoms with E-state index in [0.29, 0.717) is 59.0 Å². The van der Waals surface area contributed by atoms with Crippen LogP contribution in [0.2, 0.25) is 0 Å². The Hall–Kier alpha value is -4.34. The van der Waals surface area contributed by atoms with E-state index in [1.807, 2.05) is 12.2 Å². The third-order valence-electron chi connectivity index (χ3n) is 6.49. The zero-order valence-corrected chi connectivity index (χ0v) is 19.1. The molecule has 1 amide bonds. The first kappa shape index (κ1) is 22.1. The fourth-order valence-electron chi connectivity index (χ4n) is 4.65. The number of benzene rings is 1. The van der Waals surface area contributed by atoms with E-state index in [4.69, 9.17) is 0 Å². The van der Waals surface area contributed by atoms with Crippen molar-refractivity contribution in [2.75, 3.05) is 6.54 Å². The van der Waals surface area contributed by atoms with Crippen LogP contribution in [0.5, 0.6) is 0 Å². The van der Waals surface area contributed by atoms with Gasteiger partial charge in [-0.3, -0.25) is 24.3 Å². The van der Waals surface area contributed by atoms with Crippen LogP contribution in [0.3, 0.4) is 0 Å². The number of halogens is 2. The third kappa shape index (κ3) is 3.94. The molecule has 3 aromatic heterocycles. The van der Waals surface area contributed by atoms with Crippen molar-refractivity contribution >= 4 is 22.7 Å². The number of fused-ring (bicyclic) bond motifs is 1. The lowest BCUT2D eigenvalue weighted by molar-refractivity contribution is 0.0908. The molecule has 1 saturated carbocycles. The van der Waals surface area contributed by atoms with Gasteiger partial charge in [0, 0.05) is 30.8 Å². The molecule has 8 nitrogen and oxygen atoms in total. The van der Waals surface area contributed by atoms with Crippen molar-refractivity contribution in [3.8, 4) is 5.69 Å². The predicted octanol–water partition coefficient (Wildman–Crippen LogP) is 3.91. The first-order chi connectivity index (χ1) is 17.6. The summed E-state index contributed by atoms with van der Waals surface area (Å²) in [5.41, 5.74) is 2.03. The number of para-hydroxylation sites is 1. The van der Waals surface area contributed by atoms with Gasteiger partial charge in [0.1, 0.15) is 28.7 Å². The van der Waals surface area contributed by atoms with Gasteiger partial charge in [-0.2, -0.15) is 0 Å². The van der Waals surface area contributed by atoms with Gasteiger partial charge in [-0.05, 0) is 43.5 Å². The van der Waals surface area contributed by atoms with Crippen LogP contribution in [-0.2, 0) is 0 Å². The van der Waals surface area contributed by atoms with E-state index in [-0.39, 0.29) is 23.7 Å². The molecular formula is C26H21F2N7O. The average Bonchev–Trinajstić information content (AvgIpc) is 3.30. The quantitative estimate of drug-likeness (QED) is 0.462. The van der Waals surface area contributed by atoms with Gasteiger partial charge in [0.25, 0.3) is 5.91 Å². The highest BCUT2D eigenvalue weighted by atomic mass is 19.1. The minimum atomic E-state index is -0.512. The largest absolute Gasteiger partial charge is 0.349 e. The van der Waals surface area contributed by atoms with E-state index in [1.54, 1.807) is 28.8 Å². The van der Waals surface area contributed by atoms with Gasteiger partial charge in [-0.15, -0.1) is 10.2 Å². The van der Waals surface area contributed by atoms with Crippen LogP contribution >= 0.6 is 0 Å². The van der Waals surface area contributed by atoms with Crippen LogP contribution in [-0.4, -0.2) is 48.9 Å². The van der Waals surface area contributed by atoms with Crippen molar-refractivity contribution in [1.29, 1.82) is 0 Å². The van der Waals surface area contributed by atoms with Crippen molar-refractivity contribution in [1.82, 2.24) is 30.0 Å². The number of pyridine rings is 2. The molecule has 1 aliphatic carbocycles. The van der Waals surface area contributed by atoms with Gasteiger partial charge in [-0.25, -0.2) is 8.78 Å². The topological polar surface area (TPSA) is 98.0 Å². The summed E-state index contributed by atoms with van der Waals surface area (Å²) in [6.45, 7) is 0.647. The Labute approximate surface area is 204 Å².